The van der Waals surface area contributed by atoms with Gasteiger partial charge in [-0.25, -0.2) is 0 Å². The lowest BCUT2D eigenvalue weighted by atomic mass is 10.1. The maximum atomic E-state index is 5.43. The van der Waals surface area contributed by atoms with Gasteiger partial charge in [0.1, 0.15) is 0 Å². The Bertz CT molecular complexity index is 578. The van der Waals surface area contributed by atoms with Crippen molar-refractivity contribution in [2.24, 2.45) is 0 Å². The third-order valence-corrected chi connectivity index (χ3v) is 3.45. The molecule has 0 saturated heterocycles. The van der Waals surface area contributed by atoms with Crippen LogP contribution in [-0.2, 0) is 6.42 Å². The van der Waals surface area contributed by atoms with Crippen LogP contribution in [0, 0.1) is 4.77 Å². The molecule has 96 valence electrons. The molecule has 2 aromatic rings. The largest absolute Gasteiger partial charge is 0.337 e. The molecule has 1 aromatic carbocycles. The summed E-state index contributed by atoms with van der Waals surface area (Å²) in [6.45, 7) is 6.59. The summed E-state index contributed by atoms with van der Waals surface area (Å²) in [7, 11) is 0. The van der Waals surface area contributed by atoms with Crippen LogP contribution >= 0.6 is 12.2 Å². The van der Waals surface area contributed by atoms with Crippen molar-refractivity contribution in [3.63, 3.8) is 0 Å². The highest BCUT2D eigenvalue weighted by molar-refractivity contribution is 7.71. The van der Waals surface area contributed by atoms with Crippen molar-refractivity contribution in [1.29, 1.82) is 0 Å². The van der Waals surface area contributed by atoms with Crippen LogP contribution in [0.25, 0.3) is 5.69 Å². The number of imidazole rings is 1. The molecule has 0 spiro atoms. The number of H-pyrrole nitrogens is 1. The summed E-state index contributed by atoms with van der Waals surface area (Å²) in [5.74, 6) is 0.452. The summed E-state index contributed by atoms with van der Waals surface area (Å²) >= 11 is 5.43. The summed E-state index contributed by atoms with van der Waals surface area (Å²) in [6, 6.07) is 8.52. The van der Waals surface area contributed by atoms with Crippen molar-refractivity contribution >= 4 is 12.2 Å². The number of nitrogens with zero attached hydrogens (tertiary/aromatic N) is 1. The van der Waals surface area contributed by atoms with E-state index in [0.717, 1.165) is 17.6 Å². The molecule has 0 amide bonds. The first kappa shape index (κ1) is 13.1. The molecule has 18 heavy (non-hydrogen) atoms. The maximum Gasteiger partial charge on any atom is 0.182 e. The van der Waals surface area contributed by atoms with Crippen LogP contribution in [0.15, 0.2) is 30.5 Å². The van der Waals surface area contributed by atoms with Gasteiger partial charge < -0.3 is 4.98 Å². The Hall–Kier alpha value is -1.35. The summed E-state index contributed by atoms with van der Waals surface area (Å²) in [5.41, 5.74) is 3.82. The zero-order chi connectivity index (χ0) is 13.1. The number of nitrogens with one attached hydrogen (secondary N) is 1. The number of aromatic nitrogens is 2. The predicted octanol–water partition coefficient (Wildman–Crippen LogP) is 4.61. The molecule has 2 rings (SSSR count). The van der Waals surface area contributed by atoms with Crippen LogP contribution in [0.2, 0.25) is 0 Å². The van der Waals surface area contributed by atoms with Crippen LogP contribution in [0.3, 0.4) is 0 Å². The molecular weight excluding hydrogens is 240 g/mol. The summed E-state index contributed by atoms with van der Waals surface area (Å²) in [5, 5.41) is 0. The summed E-state index contributed by atoms with van der Waals surface area (Å²) < 4.78 is 2.95. The van der Waals surface area contributed by atoms with Gasteiger partial charge in [0, 0.05) is 11.9 Å². The maximum absolute atomic E-state index is 5.43. The van der Waals surface area contributed by atoms with E-state index >= 15 is 0 Å². The number of para-hydroxylation sites is 1. The van der Waals surface area contributed by atoms with E-state index in [-0.39, 0.29) is 0 Å². The molecule has 0 saturated carbocycles. The SMILES string of the molecule is CCCc1ccccc1-n1c(C(C)C)c[nH]c1=S. The Kier molecular flexibility index (Phi) is 4.02. The number of aromatic amines is 1. The molecule has 2 nitrogen and oxygen atoms in total. The van der Waals surface area contributed by atoms with Crippen molar-refractivity contribution in [3.05, 3.63) is 46.5 Å². The fraction of sp³-hybridized carbons (Fsp3) is 0.400. The second kappa shape index (κ2) is 5.53. The van der Waals surface area contributed by atoms with Gasteiger partial charge in [-0.05, 0) is 36.2 Å². The average molecular weight is 260 g/mol. The van der Waals surface area contributed by atoms with Crippen molar-refractivity contribution in [3.8, 4) is 5.69 Å². The third-order valence-electron chi connectivity index (χ3n) is 3.15. The number of aryl methyl sites for hydroxylation is 1. The molecule has 0 unspecified atom stereocenters. The van der Waals surface area contributed by atoms with Gasteiger partial charge in [-0.3, -0.25) is 4.57 Å². The van der Waals surface area contributed by atoms with Gasteiger partial charge in [0.15, 0.2) is 4.77 Å². The van der Waals surface area contributed by atoms with Gasteiger partial charge in [0.2, 0.25) is 0 Å². The van der Waals surface area contributed by atoms with Crippen LogP contribution < -0.4 is 0 Å². The Balaban J connectivity index is 2.61. The molecule has 3 heteroatoms. The van der Waals surface area contributed by atoms with Crippen LogP contribution in [-0.4, -0.2) is 9.55 Å². The Morgan fingerprint density at radius 1 is 1.28 bits per heavy atom. The molecular formula is C15H20N2S. The van der Waals surface area contributed by atoms with E-state index < -0.39 is 0 Å². The van der Waals surface area contributed by atoms with E-state index in [0.29, 0.717) is 5.92 Å². The van der Waals surface area contributed by atoms with Gasteiger partial charge in [0.25, 0.3) is 0 Å². The summed E-state index contributed by atoms with van der Waals surface area (Å²) in [6.07, 6.45) is 4.25. The normalized spacial score (nSPS) is 11.1. The van der Waals surface area contributed by atoms with E-state index in [2.05, 4.69) is 54.6 Å². The predicted molar refractivity (Wildman–Crippen MR) is 79.0 cm³/mol. The number of hydrogen-bond acceptors (Lipinski definition) is 1. The summed E-state index contributed by atoms with van der Waals surface area (Å²) in [4.78, 5) is 3.16. The van der Waals surface area contributed by atoms with E-state index in [1.54, 1.807) is 0 Å². The second-order valence-electron chi connectivity index (χ2n) is 4.89. The highest BCUT2D eigenvalue weighted by atomic mass is 32.1. The molecule has 0 atom stereocenters. The van der Waals surface area contributed by atoms with E-state index in [1.165, 1.54) is 16.9 Å². The van der Waals surface area contributed by atoms with Crippen LogP contribution in [0.1, 0.15) is 44.4 Å². The lowest BCUT2D eigenvalue weighted by Crippen LogP contribution is -2.05. The molecule has 0 aliphatic carbocycles. The lowest BCUT2D eigenvalue weighted by molar-refractivity contribution is 0.775. The van der Waals surface area contributed by atoms with Crippen molar-refractivity contribution in [2.45, 2.75) is 39.5 Å². The Labute approximate surface area is 114 Å². The minimum Gasteiger partial charge on any atom is -0.337 e. The topological polar surface area (TPSA) is 20.7 Å². The van der Waals surface area contributed by atoms with Crippen molar-refractivity contribution in [2.75, 3.05) is 0 Å². The van der Waals surface area contributed by atoms with Gasteiger partial charge in [0.05, 0.1) is 5.69 Å². The zero-order valence-corrected chi connectivity index (χ0v) is 12.1. The van der Waals surface area contributed by atoms with Crippen molar-refractivity contribution < 1.29 is 0 Å². The minimum atomic E-state index is 0.452. The van der Waals surface area contributed by atoms with Gasteiger partial charge >= 0.3 is 0 Å². The molecule has 0 radical (unpaired) electrons. The number of hydrogen-bond donors (Lipinski definition) is 1. The highest BCUT2D eigenvalue weighted by Gasteiger charge is 2.12. The van der Waals surface area contributed by atoms with Gasteiger partial charge in [-0.2, -0.15) is 0 Å². The molecule has 0 bridgehead atoms. The number of benzene rings is 1. The third kappa shape index (κ3) is 2.41. The van der Waals surface area contributed by atoms with Crippen LogP contribution in [0.5, 0.6) is 0 Å². The van der Waals surface area contributed by atoms with E-state index in [1.807, 2.05) is 6.20 Å². The number of rotatable bonds is 4. The molecule has 1 heterocycles. The van der Waals surface area contributed by atoms with Crippen molar-refractivity contribution in [1.82, 2.24) is 9.55 Å². The average Bonchev–Trinajstić information content (AvgIpc) is 2.72. The minimum absolute atomic E-state index is 0.452. The first-order valence-electron chi connectivity index (χ1n) is 6.53. The quantitative estimate of drug-likeness (QED) is 0.796. The Morgan fingerprint density at radius 2 is 2.00 bits per heavy atom. The zero-order valence-electron chi connectivity index (χ0n) is 11.2. The first-order valence-corrected chi connectivity index (χ1v) is 6.94. The molecule has 0 fully saturated rings. The van der Waals surface area contributed by atoms with E-state index in [4.69, 9.17) is 12.2 Å². The van der Waals surface area contributed by atoms with Gasteiger partial charge in [-0.15, -0.1) is 0 Å². The molecule has 1 aromatic heterocycles. The Morgan fingerprint density at radius 3 is 2.67 bits per heavy atom. The fourth-order valence-corrected chi connectivity index (χ4v) is 2.53. The highest BCUT2D eigenvalue weighted by Crippen LogP contribution is 2.23. The lowest BCUT2D eigenvalue weighted by Gasteiger charge is -2.14. The second-order valence-corrected chi connectivity index (χ2v) is 5.27. The smallest absolute Gasteiger partial charge is 0.182 e. The standard InChI is InChI=1S/C15H20N2S/c1-4-7-12-8-5-6-9-13(12)17-14(11(2)3)10-16-15(17)18/h5-6,8-11H,4,7H2,1-3H3,(H,16,18). The molecule has 0 aliphatic heterocycles. The first-order chi connectivity index (χ1) is 8.65. The molecule has 1 N–H and O–H groups in total. The van der Waals surface area contributed by atoms with E-state index in [9.17, 15) is 0 Å². The van der Waals surface area contributed by atoms with Gasteiger partial charge in [-0.1, -0.05) is 45.4 Å². The molecule has 0 aliphatic rings. The van der Waals surface area contributed by atoms with Crippen LogP contribution in [0.4, 0.5) is 0 Å². The monoisotopic (exact) mass is 260 g/mol. The fourth-order valence-electron chi connectivity index (χ4n) is 2.27.